The fourth-order valence-electron chi connectivity index (χ4n) is 1.75. The van der Waals surface area contributed by atoms with Crippen molar-refractivity contribution in [2.45, 2.75) is 23.8 Å². The van der Waals surface area contributed by atoms with Crippen LogP contribution in [0.25, 0.3) is 0 Å². The molecule has 1 aromatic carbocycles. The maximum atomic E-state index is 5.45. The van der Waals surface area contributed by atoms with Gasteiger partial charge in [0, 0.05) is 10.9 Å². The lowest BCUT2D eigenvalue weighted by Crippen LogP contribution is -2.12. The van der Waals surface area contributed by atoms with Crippen molar-refractivity contribution < 1.29 is 0 Å². The number of rotatable bonds is 2. The zero-order chi connectivity index (χ0) is 9.10. The van der Waals surface area contributed by atoms with E-state index in [1.54, 1.807) is 0 Å². The summed E-state index contributed by atoms with van der Waals surface area (Å²) in [7, 11) is 0. The van der Waals surface area contributed by atoms with E-state index < -0.39 is 0 Å². The molecule has 0 amide bonds. The Morgan fingerprint density at radius 2 is 2.08 bits per heavy atom. The molecule has 0 bridgehead atoms. The summed E-state index contributed by atoms with van der Waals surface area (Å²) < 4.78 is 0. The standard InChI is InChI=1S/C10H14N2S/c11-13-9-5-3-8(4-6-9)10-2-1-7-12-10/h3-6,10,12H,1-2,7,11H2. The van der Waals surface area contributed by atoms with Gasteiger partial charge in [-0.05, 0) is 49.0 Å². The predicted molar refractivity (Wildman–Crippen MR) is 56.5 cm³/mol. The van der Waals surface area contributed by atoms with E-state index in [1.165, 1.54) is 30.4 Å². The molecule has 1 aromatic rings. The maximum Gasteiger partial charge on any atom is 0.0320 e. The Bertz CT molecular complexity index is 265. The first-order valence-corrected chi connectivity index (χ1v) is 5.48. The van der Waals surface area contributed by atoms with Crippen LogP contribution in [0.15, 0.2) is 29.2 Å². The van der Waals surface area contributed by atoms with Crippen LogP contribution < -0.4 is 10.5 Å². The molecule has 0 saturated carbocycles. The molecular formula is C10H14N2S. The van der Waals surface area contributed by atoms with Crippen LogP contribution >= 0.6 is 11.9 Å². The fourth-order valence-corrected chi connectivity index (χ4v) is 2.04. The van der Waals surface area contributed by atoms with Gasteiger partial charge >= 0.3 is 0 Å². The molecule has 1 saturated heterocycles. The minimum atomic E-state index is 0.567. The largest absolute Gasteiger partial charge is 0.310 e. The molecule has 0 radical (unpaired) electrons. The maximum absolute atomic E-state index is 5.45. The van der Waals surface area contributed by atoms with Crippen LogP contribution in [0.3, 0.4) is 0 Å². The van der Waals surface area contributed by atoms with Gasteiger partial charge in [0.05, 0.1) is 0 Å². The van der Waals surface area contributed by atoms with Crippen LogP contribution in [0.5, 0.6) is 0 Å². The van der Waals surface area contributed by atoms with Gasteiger partial charge in [-0.3, -0.25) is 5.14 Å². The molecule has 3 heteroatoms. The van der Waals surface area contributed by atoms with Crippen molar-refractivity contribution in [2.75, 3.05) is 6.54 Å². The van der Waals surface area contributed by atoms with Crippen LogP contribution in [-0.2, 0) is 0 Å². The van der Waals surface area contributed by atoms with Crippen molar-refractivity contribution in [2.24, 2.45) is 5.14 Å². The van der Waals surface area contributed by atoms with Gasteiger partial charge in [0.25, 0.3) is 0 Å². The average Bonchev–Trinajstić information content (AvgIpc) is 2.71. The van der Waals surface area contributed by atoms with Crippen molar-refractivity contribution in [3.63, 3.8) is 0 Å². The Hall–Kier alpha value is -0.510. The highest BCUT2D eigenvalue weighted by atomic mass is 32.2. The van der Waals surface area contributed by atoms with Crippen LogP contribution in [0.1, 0.15) is 24.4 Å². The number of benzene rings is 1. The molecule has 0 aliphatic carbocycles. The topological polar surface area (TPSA) is 38.0 Å². The van der Waals surface area contributed by atoms with Gasteiger partial charge in [0.1, 0.15) is 0 Å². The van der Waals surface area contributed by atoms with Crippen molar-refractivity contribution in [1.82, 2.24) is 5.32 Å². The Morgan fingerprint density at radius 3 is 2.62 bits per heavy atom. The van der Waals surface area contributed by atoms with Gasteiger partial charge in [0.2, 0.25) is 0 Å². The van der Waals surface area contributed by atoms with Crippen molar-refractivity contribution in [3.8, 4) is 0 Å². The molecule has 1 aliphatic rings. The van der Waals surface area contributed by atoms with E-state index in [-0.39, 0.29) is 0 Å². The summed E-state index contributed by atoms with van der Waals surface area (Å²) in [6.45, 7) is 1.15. The highest BCUT2D eigenvalue weighted by Crippen LogP contribution is 2.24. The minimum Gasteiger partial charge on any atom is -0.310 e. The summed E-state index contributed by atoms with van der Waals surface area (Å²) in [5.41, 5.74) is 1.38. The van der Waals surface area contributed by atoms with E-state index in [9.17, 15) is 0 Å². The van der Waals surface area contributed by atoms with Crippen LogP contribution in [-0.4, -0.2) is 6.54 Å². The average molecular weight is 194 g/mol. The molecule has 2 nitrogen and oxygen atoms in total. The number of hydrogen-bond donors (Lipinski definition) is 2. The highest BCUT2D eigenvalue weighted by molar-refractivity contribution is 7.97. The van der Waals surface area contributed by atoms with E-state index in [1.807, 2.05) is 0 Å². The van der Waals surface area contributed by atoms with Gasteiger partial charge in [0.15, 0.2) is 0 Å². The molecule has 2 rings (SSSR count). The summed E-state index contributed by atoms with van der Waals surface area (Å²) in [5, 5.41) is 8.93. The lowest BCUT2D eigenvalue weighted by Gasteiger charge is -2.10. The van der Waals surface area contributed by atoms with Crippen molar-refractivity contribution in [1.29, 1.82) is 0 Å². The van der Waals surface area contributed by atoms with Crippen molar-refractivity contribution >= 4 is 11.9 Å². The van der Waals surface area contributed by atoms with E-state index in [2.05, 4.69) is 29.6 Å². The Balaban J connectivity index is 2.12. The second-order valence-corrected chi connectivity index (χ2v) is 4.04. The molecule has 1 aliphatic heterocycles. The number of nitrogens with one attached hydrogen (secondary N) is 1. The monoisotopic (exact) mass is 194 g/mol. The third-order valence-corrected chi connectivity index (χ3v) is 3.02. The summed E-state index contributed by atoms with van der Waals surface area (Å²) in [4.78, 5) is 1.13. The Morgan fingerprint density at radius 1 is 1.31 bits per heavy atom. The van der Waals surface area contributed by atoms with E-state index in [0.717, 1.165) is 11.4 Å². The highest BCUT2D eigenvalue weighted by Gasteiger charge is 2.15. The van der Waals surface area contributed by atoms with Crippen molar-refractivity contribution in [3.05, 3.63) is 29.8 Å². The second-order valence-electron chi connectivity index (χ2n) is 3.34. The SMILES string of the molecule is NSc1ccc(C2CCCN2)cc1. The van der Waals surface area contributed by atoms with Gasteiger partial charge < -0.3 is 5.32 Å². The number of nitrogens with two attached hydrogens (primary N) is 1. The lowest BCUT2D eigenvalue weighted by molar-refractivity contribution is 0.647. The predicted octanol–water partition coefficient (Wildman–Crippen LogP) is 2.08. The second kappa shape index (κ2) is 4.13. The van der Waals surface area contributed by atoms with Gasteiger partial charge in [-0.2, -0.15) is 0 Å². The molecule has 1 atom stereocenters. The molecule has 1 fully saturated rings. The first-order valence-electron chi connectivity index (χ1n) is 4.60. The molecule has 0 spiro atoms. The van der Waals surface area contributed by atoms with Crippen LogP contribution in [0.2, 0.25) is 0 Å². The molecule has 13 heavy (non-hydrogen) atoms. The third kappa shape index (κ3) is 2.05. The van der Waals surface area contributed by atoms with Gasteiger partial charge in [-0.1, -0.05) is 12.1 Å². The van der Waals surface area contributed by atoms with E-state index >= 15 is 0 Å². The summed E-state index contributed by atoms with van der Waals surface area (Å²) in [6.07, 6.45) is 2.55. The molecule has 3 N–H and O–H groups in total. The summed E-state index contributed by atoms with van der Waals surface area (Å²) in [5.74, 6) is 0. The summed E-state index contributed by atoms with van der Waals surface area (Å²) >= 11 is 1.30. The van der Waals surface area contributed by atoms with Gasteiger partial charge in [-0.25, -0.2) is 0 Å². The first-order chi connectivity index (χ1) is 6.40. The summed E-state index contributed by atoms with van der Waals surface area (Å²) in [6, 6.07) is 9.06. The normalized spacial score (nSPS) is 22.1. The Labute approximate surface area is 83.0 Å². The zero-order valence-electron chi connectivity index (χ0n) is 7.49. The smallest absolute Gasteiger partial charge is 0.0320 e. The number of hydrogen-bond acceptors (Lipinski definition) is 3. The zero-order valence-corrected chi connectivity index (χ0v) is 8.31. The Kier molecular flexibility index (Phi) is 2.88. The molecule has 70 valence electrons. The van der Waals surface area contributed by atoms with E-state index in [0.29, 0.717) is 6.04 Å². The van der Waals surface area contributed by atoms with Crippen LogP contribution in [0.4, 0.5) is 0 Å². The van der Waals surface area contributed by atoms with E-state index in [4.69, 9.17) is 5.14 Å². The lowest BCUT2D eigenvalue weighted by atomic mass is 10.1. The molecule has 0 aromatic heterocycles. The molecular weight excluding hydrogens is 180 g/mol. The van der Waals surface area contributed by atoms with Gasteiger partial charge in [-0.15, -0.1) is 0 Å². The fraction of sp³-hybridized carbons (Fsp3) is 0.400. The molecule has 1 heterocycles. The third-order valence-electron chi connectivity index (χ3n) is 2.48. The van der Waals surface area contributed by atoms with Crippen LogP contribution in [0, 0.1) is 0 Å². The molecule has 1 unspecified atom stereocenters. The first kappa shape index (κ1) is 9.06. The quantitative estimate of drug-likeness (QED) is 0.708. The minimum absolute atomic E-state index is 0.567.